The topological polar surface area (TPSA) is 340 Å². The van der Waals surface area contributed by atoms with E-state index in [-0.39, 0.29) is 53.6 Å². The minimum Gasteiger partial charge on any atom is -0.481 e. The lowest BCUT2D eigenvalue weighted by Gasteiger charge is -2.12. The summed E-state index contributed by atoms with van der Waals surface area (Å²) in [4.78, 5) is 60.0. The van der Waals surface area contributed by atoms with Gasteiger partial charge >= 0.3 is 11.9 Å². The number of nitrogens with two attached hydrogens (primary N) is 1. The van der Waals surface area contributed by atoms with Crippen LogP contribution in [0.3, 0.4) is 0 Å². The quantitative estimate of drug-likeness (QED) is 0.0141. The Balaban J connectivity index is 0.000000360. The van der Waals surface area contributed by atoms with Crippen LogP contribution in [0.2, 0.25) is 0 Å². The average molecular weight is 1190 g/mol. The van der Waals surface area contributed by atoms with Crippen molar-refractivity contribution in [3.05, 3.63) is 110 Å². The van der Waals surface area contributed by atoms with Crippen molar-refractivity contribution in [2.75, 3.05) is 74.1 Å². The van der Waals surface area contributed by atoms with Gasteiger partial charge in [0, 0.05) is 116 Å². The second-order valence-corrected chi connectivity index (χ2v) is 35.9. The molecule has 1 aliphatic rings. The Kier molecular flexibility index (Phi) is 27.9. The van der Waals surface area contributed by atoms with Gasteiger partial charge in [-0.1, -0.05) is 102 Å². The molecule has 75 heavy (non-hydrogen) atoms. The zero-order valence-electron chi connectivity index (χ0n) is 41.3. The van der Waals surface area contributed by atoms with Crippen molar-refractivity contribution in [2.45, 2.75) is 41.9 Å². The summed E-state index contributed by atoms with van der Waals surface area (Å²) in [7, 11) is -8.54. The van der Waals surface area contributed by atoms with Crippen LogP contribution in [0.15, 0.2) is 120 Å². The van der Waals surface area contributed by atoms with Gasteiger partial charge in [-0.2, -0.15) is 16.8 Å². The Labute approximate surface area is 448 Å². The molecule has 4 aromatic rings. The van der Waals surface area contributed by atoms with Gasteiger partial charge in [-0.15, -0.1) is 5.06 Å². The first kappa shape index (κ1) is 66.4. The number of hydrogen-bond donors (Lipinski definition) is 7. The summed E-state index contributed by atoms with van der Waals surface area (Å²) in [6.45, 7) is 17.0. The zero-order chi connectivity index (χ0) is 56.6. The number of anilines is 2. The highest BCUT2D eigenvalue weighted by molar-refractivity contribution is 8.59. The van der Waals surface area contributed by atoms with Crippen molar-refractivity contribution in [2.24, 2.45) is 5.73 Å². The highest BCUT2D eigenvalue weighted by Gasteiger charge is 2.33. The van der Waals surface area contributed by atoms with Crippen LogP contribution in [-0.4, -0.2) is 129 Å². The monoisotopic (exact) mass is 1190 g/mol. The van der Waals surface area contributed by atoms with E-state index in [2.05, 4.69) is 40.5 Å². The van der Waals surface area contributed by atoms with Gasteiger partial charge in [-0.25, -0.2) is 4.79 Å². The molecular weight excluding hydrogens is 1130 g/mol. The van der Waals surface area contributed by atoms with Gasteiger partial charge < -0.3 is 45.3 Å². The number of carboxylic acids is 1. The van der Waals surface area contributed by atoms with Crippen molar-refractivity contribution < 1.29 is 73.6 Å². The third kappa shape index (κ3) is 24.4. The number of hydrogen-bond acceptors (Lipinski definition) is 19. The number of hydroxylamine groups is 2. The Hall–Kier alpha value is -4.71. The number of carbonyl (C=O) groups excluding carboxylic acids is 4. The van der Waals surface area contributed by atoms with E-state index in [9.17, 15) is 63.6 Å². The second kappa shape index (κ2) is 31.5. The van der Waals surface area contributed by atoms with Gasteiger partial charge in [0.05, 0.1) is 12.8 Å². The third-order valence-corrected chi connectivity index (χ3v) is 23.8. The predicted molar refractivity (Wildman–Crippen MR) is 304 cm³/mol. The summed E-state index contributed by atoms with van der Waals surface area (Å²) >= 11 is 3.52. The number of carbonyl (C=O) groups is 5. The lowest BCUT2D eigenvalue weighted by atomic mass is 10.1. The summed E-state index contributed by atoms with van der Waals surface area (Å²) in [6, 6.07) is 19.8. The van der Waals surface area contributed by atoms with Crippen LogP contribution >= 0.6 is 53.2 Å². The SMILES string of the molecule is C=CP(C)(=O)SCCC(=O)NCCNc1cccc2c(S(=O)(=O)O)cccc12.C=CP(C)(=O)SCCC(=O)O.C=CP(C)(=O)SCCC(=O)ON1C(=O)CCC1=O.NCCNc1cccc2c(S(=O)(=O)O)cccc12. The molecule has 0 aliphatic carbocycles. The summed E-state index contributed by atoms with van der Waals surface area (Å²) < 4.78 is 98.8. The summed E-state index contributed by atoms with van der Waals surface area (Å²) in [6.07, 6.45) is -6.75. The maximum absolute atomic E-state index is 11.8. The lowest BCUT2D eigenvalue weighted by Crippen LogP contribution is -2.32. The molecular formula is C46H62N5O16P3S5. The van der Waals surface area contributed by atoms with Crippen LogP contribution < -0.4 is 21.7 Å². The number of nitrogens with one attached hydrogen (secondary N) is 3. The Morgan fingerprint density at radius 1 is 0.640 bits per heavy atom. The fourth-order valence-electron chi connectivity index (χ4n) is 5.92. The normalized spacial score (nSPS) is 14.6. The molecule has 8 N–H and O–H groups in total. The van der Waals surface area contributed by atoms with E-state index in [1.165, 1.54) is 41.0 Å². The molecule has 1 saturated heterocycles. The molecule has 0 spiro atoms. The van der Waals surface area contributed by atoms with Gasteiger partial charge in [-0.3, -0.25) is 28.3 Å². The number of carboxylic acid groups (broad SMARTS) is 1. The zero-order valence-corrected chi connectivity index (χ0v) is 48.1. The number of imide groups is 1. The van der Waals surface area contributed by atoms with E-state index < -0.39 is 63.0 Å². The first-order chi connectivity index (χ1) is 35.0. The molecule has 29 heteroatoms. The van der Waals surface area contributed by atoms with E-state index >= 15 is 0 Å². The second-order valence-electron chi connectivity index (χ2n) is 15.7. The number of nitrogens with zero attached hydrogens (tertiary/aromatic N) is 1. The van der Waals surface area contributed by atoms with Crippen LogP contribution in [0.1, 0.15) is 32.1 Å². The van der Waals surface area contributed by atoms with Crippen molar-refractivity contribution in [3.63, 3.8) is 0 Å². The molecule has 3 atom stereocenters. The molecule has 0 radical (unpaired) electrons. The average Bonchev–Trinajstić information content (AvgIpc) is 3.66. The first-order valence-electron chi connectivity index (χ1n) is 22.3. The maximum Gasteiger partial charge on any atom is 0.334 e. The fourth-order valence-corrected chi connectivity index (χ4v) is 14.6. The smallest absolute Gasteiger partial charge is 0.334 e. The van der Waals surface area contributed by atoms with Crippen molar-refractivity contribution in [1.29, 1.82) is 0 Å². The van der Waals surface area contributed by atoms with Crippen LogP contribution in [0, 0.1) is 0 Å². The summed E-state index contributed by atoms with van der Waals surface area (Å²) in [5.74, 6) is 2.61. The number of benzene rings is 4. The molecule has 21 nitrogen and oxygen atoms in total. The molecule has 4 aromatic carbocycles. The van der Waals surface area contributed by atoms with Gasteiger partial charge in [0.25, 0.3) is 32.1 Å². The molecule has 0 bridgehead atoms. The highest BCUT2D eigenvalue weighted by atomic mass is 32.7. The van der Waals surface area contributed by atoms with Crippen molar-refractivity contribution in [1.82, 2.24) is 10.4 Å². The Morgan fingerprint density at radius 3 is 1.43 bits per heavy atom. The van der Waals surface area contributed by atoms with E-state index in [1.54, 1.807) is 74.6 Å². The standard InChI is InChI=1S/C18H23N2O5PS2.C12H14N2O3S.C10H14NO5PS.C6H11O3PS/c1-3-26(2,22)27-13-10-18(21)20-12-11-19-16-8-4-7-15-14(16)6-5-9-17(15)28(23,24)25;13-7-8-14-11-5-1-4-10-9(11)3-2-6-12(10)18(15,16)17;1-3-17(2,15)18-7-6-10(14)16-11-8(12)4-5-9(11)13;1-3-10(2,9)11-5-4-6(7)8/h3-9,19H,1,10-13H2,2H3,(H,20,21)(H,23,24,25);1-6,14H,7-8,13H2,(H,15,16,17);3H,1,4-7H2,2H3;3H,1,4-5H2,2H3,(H,7,8). The highest BCUT2D eigenvalue weighted by Crippen LogP contribution is 2.57. The van der Waals surface area contributed by atoms with Gasteiger partial charge in [-0.05, 0) is 41.7 Å². The molecule has 3 amide bonds. The van der Waals surface area contributed by atoms with Crippen LogP contribution in [-0.2, 0) is 62.7 Å². The van der Waals surface area contributed by atoms with Gasteiger partial charge in [0.15, 0.2) is 19.0 Å². The van der Waals surface area contributed by atoms with Crippen LogP contribution in [0.5, 0.6) is 0 Å². The van der Waals surface area contributed by atoms with E-state index in [0.717, 1.165) is 33.8 Å². The van der Waals surface area contributed by atoms with Crippen molar-refractivity contribution in [3.8, 4) is 0 Å². The molecule has 1 heterocycles. The maximum atomic E-state index is 11.8. The van der Waals surface area contributed by atoms with E-state index in [0.29, 0.717) is 64.6 Å². The minimum atomic E-state index is -4.32. The molecule has 1 fully saturated rings. The van der Waals surface area contributed by atoms with Crippen LogP contribution in [0.25, 0.3) is 21.5 Å². The van der Waals surface area contributed by atoms with Crippen LogP contribution in [0.4, 0.5) is 11.4 Å². The first-order valence-corrected chi connectivity index (χ1v) is 36.6. The molecule has 412 valence electrons. The van der Waals surface area contributed by atoms with Crippen molar-refractivity contribution >= 4 is 136 Å². The molecule has 5 rings (SSSR count). The molecule has 3 unspecified atom stereocenters. The molecule has 1 aliphatic heterocycles. The Morgan fingerprint density at radius 2 is 1.03 bits per heavy atom. The lowest BCUT2D eigenvalue weighted by molar-refractivity contribution is -0.197. The number of rotatable bonds is 25. The van der Waals surface area contributed by atoms with E-state index in [1.807, 2.05) is 6.07 Å². The number of fused-ring (bicyclic) bond motifs is 2. The number of aliphatic carboxylic acids is 1. The number of amides is 3. The Bertz CT molecular complexity index is 3070. The predicted octanol–water partition coefficient (Wildman–Crippen LogP) is 9.26. The third-order valence-electron chi connectivity index (χ3n) is 9.73. The van der Waals surface area contributed by atoms with Gasteiger partial charge in [0.2, 0.25) is 5.91 Å². The molecule has 0 saturated carbocycles. The summed E-state index contributed by atoms with van der Waals surface area (Å²) in [5.41, 5.74) is 6.92. The fraction of sp³-hybridized carbons (Fsp3) is 0.326. The summed E-state index contributed by atoms with van der Waals surface area (Å²) in [5, 5.41) is 20.1. The van der Waals surface area contributed by atoms with Gasteiger partial charge in [0.1, 0.15) is 9.79 Å². The molecule has 0 aromatic heterocycles. The largest absolute Gasteiger partial charge is 0.481 e. The minimum absolute atomic E-state index is 0.0204. The van der Waals surface area contributed by atoms with E-state index in [4.69, 9.17) is 10.8 Å².